The zero-order chi connectivity index (χ0) is 15.2. The van der Waals surface area contributed by atoms with E-state index in [2.05, 4.69) is 31.0 Å². The van der Waals surface area contributed by atoms with Crippen LogP contribution >= 0.6 is 0 Å². The van der Waals surface area contributed by atoms with Crippen molar-refractivity contribution in [2.24, 2.45) is 0 Å². The first-order valence-electron chi connectivity index (χ1n) is 8.14. The SMILES string of the molecule is CCCN(CCCCC(C)(NC1CC1)C(=O)O)C(C)C. The van der Waals surface area contributed by atoms with Gasteiger partial charge in [0.05, 0.1) is 0 Å². The average molecular weight is 284 g/mol. The third-order valence-corrected chi connectivity index (χ3v) is 4.19. The van der Waals surface area contributed by atoms with Crippen LogP contribution in [-0.2, 0) is 4.79 Å². The topological polar surface area (TPSA) is 52.6 Å². The van der Waals surface area contributed by atoms with Gasteiger partial charge in [-0.15, -0.1) is 0 Å². The Hall–Kier alpha value is -0.610. The maximum Gasteiger partial charge on any atom is 0.323 e. The lowest BCUT2D eigenvalue weighted by atomic mass is 9.94. The molecule has 1 fully saturated rings. The van der Waals surface area contributed by atoms with Gasteiger partial charge in [0, 0.05) is 12.1 Å². The molecule has 4 nitrogen and oxygen atoms in total. The summed E-state index contributed by atoms with van der Waals surface area (Å²) in [6.45, 7) is 10.7. The molecular formula is C16H32N2O2. The maximum atomic E-state index is 11.5. The van der Waals surface area contributed by atoms with Gasteiger partial charge >= 0.3 is 5.97 Å². The molecule has 1 aliphatic carbocycles. The number of hydrogen-bond acceptors (Lipinski definition) is 3. The highest BCUT2D eigenvalue weighted by molar-refractivity contribution is 5.78. The average Bonchev–Trinajstić information content (AvgIpc) is 3.16. The van der Waals surface area contributed by atoms with Crippen LogP contribution in [-0.4, -0.2) is 46.7 Å². The fourth-order valence-electron chi connectivity index (χ4n) is 2.63. The largest absolute Gasteiger partial charge is 0.480 e. The van der Waals surface area contributed by atoms with Crippen molar-refractivity contribution in [3.05, 3.63) is 0 Å². The first-order chi connectivity index (χ1) is 9.39. The maximum absolute atomic E-state index is 11.5. The van der Waals surface area contributed by atoms with Crippen LogP contribution in [0.25, 0.3) is 0 Å². The van der Waals surface area contributed by atoms with Crippen LogP contribution in [0.4, 0.5) is 0 Å². The Morgan fingerprint density at radius 1 is 1.35 bits per heavy atom. The fourth-order valence-corrected chi connectivity index (χ4v) is 2.63. The van der Waals surface area contributed by atoms with E-state index in [1.54, 1.807) is 0 Å². The minimum atomic E-state index is -0.741. The number of nitrogens with one attached hydrogen (secondary N) is 1. The molecule has 118 valence electrons. The quantitative estimate of drug-likeness (QED) is 0.573. The van der Waals surface area contributed by atoms with E-state index < -0.39 is 11.5 Å². The second kappa shape index (κ2) is 7.99. The van der Waals surface area contributed by atoms with Crippen molar-refractivity contribution >= 4 is 5.97 Å². The Morgan fingerprint density at radius 2 is 2.00 bits per heavy atom. The predicted molar refractivity (Wildman–Crippen MR) is 83.0 cm³/mol. The van der Waals surface area contributed by atoms with Crippen molar-refractivity contribution in [2.45, 2.75) is 83.8 Å². The van der Waals surface area contributed by atoms with Gasteiger partial charge in [-0.1, -0.05) is 6.92 Å². The lowest BCUT2D eigenvalue weighted by Crippen LogP contribution is -2.50. The summed E-state index contributed by atoms with van der Waals surface area (Å²) in [4.78, 5) is 13.9. The third kappa shape index (κ3) is 5.80. The monoisotopic (exact) mass is 284 g/mol. The minimum absolute atomic E-state index is 0.434. The molecule has 0 aromatic heterocycles. The first kappa shape index (κ1) is 17.4. The molecule has 1 rings (SSSR count). The molecule has 1 atom stereocenters. The molecule has 0 aliphatic heterocycles. The highest BCUT2D eigenvalue weighted by atomic mass is 16.4. The molecule has 0 saturated heterocycles. The molecule has 1 saturated carbocycles. The smallest absolute Gasteiger partial charge is 0.323 e. The van der Waals surface area contributed by atoms with E-state index >= 15 is 0 Å². The molecule has 0 heterocycles. The first-order valence-corrected chi connectivity index (χ1v) is 8.14. The Morgan fingerprint density at radius 3 is 2.45 bits per heavy atom. The van der Waals surface area contributed by atoms with Gasteiger partial charge in [-0.2, -0.15) is 0 Å². The summed E-state index contributed by atoms with van der Waals surface area (Å²) in [5.74, 6) is -0.710. The number of carboxylic acid groups (broad SMARTS) is 1. The number of carboxylic acids is 1. The highest BCUT2D eigenvalue weighted by Gasteiger charge is 2.37. The molecule has 1 aliphatic rings. The molecule has 0 aromatic rings. The zero-order valence-electron chi connectivity index (χ0n) is 13.6. The van der Waals surface area contributed by atoms with Gasteiger partial charge in [0.1, 0.15) is 5.54 Å². The molecule has 2 N–H and O–H groups in total. The lowest BCUT2D eigenvalue weighted by Gasteiger charge is -2.28. The molecule has 4 heteroatoms. The van der Waals surface area contributed by atoms with E-state index in [1.165, 1.54) is 6.42 Å². The van der Waals surface area contributed by atoms with Gasteiger partial charge < -0.3 is 10.0 Å². The molecule has 0 spiro atoms. The van der Waals surface area contributed by atoms with E-state index in [0.29, 0.717) is 12.1 Å². The van der Waals surface area contributed by atoms with Gasteiger partial charge in [0.15, 0.2) is 0 Å². The van der Waals surface area contributed by atoms with Gasteiger partial charge in [0.25, 0.3) is 0 Å². The number of unbranched alkanes of at least 4 members (excludes halogenated alkanes) is 1. The highest BCUT2D eigenvalue weighted by Crippen LogP contribution is 2.25. The van der Waals surface area contributed by atoms with Crippen LogP contribution in [0.5, 0.6) is 0 Å². The number of aliphatic carboxylic acids is 1. The van der Waals surface area contributed by atoms with Crippen LogP contribution in [0.3, 0.4) is 0 Å². The summed E-state index contributed by atoms with van der Waals surface area (Å²) >= 11 is 0. The summed E-state index contributed by atoms with van der Waals surface area (Å²) in [5, 5.41) is 12.7. The van der Waals surface area contributed by atoms with Crippen molar-refractivity contribution in [1.82, 2.24) is 10.2 Å². The number of rotatable bonds is 11. The van der Waals surface area contributed by atoms with E-state index in [9.17, 15) is 9.90 Å². The number of nitrogens with zero attached hydrogens (tertiary/aromatic N) is 1. The Labute approximate surface area is 123 Å². The number of hydrogen-bond donors (Lipinski definition) is 2. The molecule has 1 unspecified atom stereocenters. The minimum Gasteiger partial charge on any atom is -0.480 e. The Kier molecular flexibility index (Phi) is 6.96. The summed E-state index contributed by atoms with van der Waals surface area (Å²) in [7, 11) is 0. The van der Waals surface area contributed by atoms with Crippen molar-refractivity contribution in [3.8, 4) is 0 Å². The molecule has 0 amide bonds. The zero-order valence-corrected chi connectivity index (χ0v) is 13.6. The summed E-state index contributed by atoms with van der Waals surface area (Å²) in [6.07, 6.45) is 6.19. The van der Waals surface area contributed by atoms with E-state index in [4.69, 9.17) is 0 Å². The summed E-state index contributed by atoms with van der Waals surface area (Å²) in [5.41, 5.74) is -0.741. The molecule has 0 radical (unpaired) electrons. The van der Waals surface area contributed by atoms with Crippen molar-refractivity contribution in [3.63, 3.8) is 0 Å². The number of carbonyl (C=O) groups is 1. The van der Waals surface area contributed by atoms with Gasteiger partial charge in [-0.25, -0.2) is 0 Å². The molecular weight excluding hydrogens is 252 g/mol. The van der Waals surface area contributed by atoms with Crippen molar-refractivity contribution in [2.75, 3.05) is 13.1 Å². The second-order valence-corrected chi connectivity index (χ2v) is 6.64. The van der Waals surface area contributed by atoms with Gasteiger partial charge in [0.2, 0.25) is 0 Å². The molecule has 0 aromatic carbocycles. The van der Waals surface area contributed by atoms with E-state index in [-0.39, 0.29) is 0 Å². The van der Waals surface area contributed by atoms with Crippen LogP contribution in [0, 0.1) is 0 Å². The standard InChI is InChI=1S/C16H32N2O2/c1-5-11-18(13(2)3)12-7-6-10-16(4,15(19)20)17-14-8-9-14/h13-14,17H,5-12H2,1-4H3,(H,19,20). The molecule has 20 heavy (non-hydrogen) atoms. The van der Waals surface area contributed by atoms with Crippen LogP contribution < -0.4 is 5.32 Å². The Bertz CT molecular complexity index is 303. The lowest BCUT2D eigenvalue weighted by molar-refractivity contribution is -0.144. The van der Waals surface area contributed by atoms with E-state index in [1.807, 2.05) is 6.92 Å². The third-order valence-electron chi connectivity index (χ3n) is 4.19. The fraction of sp³-hybridized carbons (Fsp3) is 0.938. The van der Waals surface area contributed by atoms with E-state index in [0.717, 1.165) is 45.2 Å². The van der Waals surface area contributed by atoms with Gasteiger partial charge in [-0.05, 0) is 72.4 Å². The predicted octanol–water partition coefficient (Wildman–Crippen LogP) is 2.87. The summed E-state index contributed by atoms with van der Waals surface area (Å²) < 4.78 is 0. The van der Waals surface area contributed by atoms with Crippen LogP contribution in [0.2, 0.25) is 0 Å². The molecule has 0 bridgehead atoms. The van der Waals surface area contributed by atoms with Crippen molar-refractivity contribution < 1.29 is 9.90 Å². The Balaban J connectivity index is 2.30. The second-order valence-electron chi connectivity index (χ2n) is 6.64. The van der Waals surface area contributed by atoms with Crippen LogP contribution in [0.1, 0.15) is 66.2 Å². The normalized spacial score (nSPS) is 18.5. The van der Waals surface area contributed by atoms with Crippen LogP contribution in [0.15, 0.2) is 0 Å². The van der Waals surface area contributed by atoms with Crippen molar-refractivity contribution in [1.29, 1.82) is 0 Å². The summed E-state index contributed by atoms with van der Waals surface area (Å²) in [6, 6.07) is 1.01. The van der Waals surface area contributed by atoms with Gasteiger partial charge in [-0.3, -0.25) is 10.1 Å².